The van der Waals surface area contributed by atoms with E-state index in [1.165, 1.54) is 27.7 Å². The third-order valence-corrected chi connectivity index (χ3v) is 4.65. The van der Waals surface area contributed by atoms with Crippen LogP contribution in [0.2, 0.25) is 0 Å². The van der Waals surface area contributed by atoms with E-state index in [4.69, 9.17) is 0 Å². The molecule has 0 saturated carbocycles. The SMILES string of the molecule is CCN(CC)Cc1ccc(NCCc2c[nH]c3ccccc23)cc1. The summed E-state index contributed by atoms with van der Waals surface area (Å²) < 4.78 is 0. The van der Waals surface area contributed by atoms with Gasteiger partial charge >= 0.3 is 0 Å². The smallest absolute Gasteiger partial charge is 0.0456 e. The van der Waals surface area contributed by atoms with Gasteiger partial charge in [0.05, 0.1) is 0 Å². The number of para-hydroxylation sites is 1. The van der Waals surface area contributed by atoms with Gasteiger partial charge in [0.25, 0.3) is 0 Å². The number of fused-ring (bicyclic) bond motifs is 1. The lowest BCUT2D eigenvalue weighted by Crippen LogP contribution is -2.22. The van der Waals surface area contributed by atoms with Crippen LogP contribution in [0.25, 0.3) is 10.9 Å². The van der Waals surface area contributed by atoms with Crippen molar-refractivity contribution in [2.45, 2.75) is 26.8 Å². The number of nitrogens with one attached hydrogen (secondary N) is 2. The second-order valence-electron chi connectivity index (χ2n) is 6.19. The van der Waals surface area contributed by atoms with Crippen LogP contribution in [0.3, 0.4) is 0 Å². The Balaban J connectivity index is 1.53. The Labute approximate surface area is 144 Å². The molecule has 0 fully saturated rings. The minimum absolute atomic E-state index is 0.942. The van der Waals surface area contributed by atoms with Gasteiger partial charge in [-0.05, 0) is 48.8 Å². The largest absolute Gasteiger partial charge is 0.385 e. The fourth-order valence-electron chi connectivity index (χ4n) is 3.11. The maximum absolute atomic E-state index is 3.53. The molecule has 0 spiro atoms. The molecule has 24 heavy (non-hydrogen) atoms. The van der Waals surface area contributed by atoms with E-state index < -0.39 is 0 Å². The quantitative estimate of drug-likeness (QED) is 0.632. The molecule has 3 rings (SSSR count). The van der Waals surface area contributed by atoms with E-state index in [9.17, 15) is 0 Å². The molecule has 0 aliphatic heterocycles. The summed E-state index contributed by atoms with van der Waals surface area (Å²) in [4.78, 5) is 5.77. The maximum atomic E-state index is 3.53. The van der Waals surface area contributed by atoms with E-state index in [0.717, 1.165) is 32.6 Å². The third kappa shape index (κ3) is 3.98. The highest BCUT2D eigenvalue weighted by atomic mass is 15.1. The van der Waals surface area contributed by atoms with Crippen LogP contribution in [-0.2, 0) is 13.0 Å². The van der Waals surface area contributed by atoms with Gasteiger partial charge in [0.15, 0.2) is 0 Å². The zero-order chi connectivity index (χ0) is 16.8. The van der Waals surface area contributed by atoms with Gasteiger partial charge in [0, 0.05) is 35.9 Å². The van der Waals surface area contributed by atoms with Crippen molar-refractivity contribution in [2.24, 2.45) is 0 Å². The molecule has 3 nitrogen and oxygen atoms in total. The van der Waals surface area contributed by atoms with Gasteiger partial charge < -0.3 is 10.3 Å². The second-order valence-corrected chi connectivity index (χ2v) is 6.19. The molecular weight excluding hydrogens is 294 g/mol. The molecule has 0 saturated heterocycles. The first kappa shape index (κ1) is 16.6. The standard InChI is InChI=1S/C21H27N3/c1-3-24(4-2)16-17-9-11-19(12-10-17)22-14-13-18-15-23-21-8-6-5-7-20(18)21/h5-12,15,22-23H,3-4,13-14,16H2,1-2H3. The molecule has 1 aromatic heterocycles. The highest BCUT2D eigenvalue weighted by Crippen LogP contribution is 2.18. The maximum Gasteiger partial charge on any atom is 0.0456 e. The van der Waals surface area contributed by atoms with Crippen LogP contribution < -0.4 is 5.32 Å². The van der Waals surface area contributed by atoms with E-state index in [1.807, 2.05) is 0 Å². The van der Waals surface area contributed by atoms with E-state index in [1.54, 1.807) is 0 Å². The first-order chi connectivity index (χ1) is 11.8. The molecule has 0 aliphatic carbocycles. The van der Waals surface area contributed by atoms with E-state index in [2.05, 4.69) is 83.8 Å². The van der Waals surface area contributed by atoms with Gasteiger partial charge in [-0.1, -0.05) is 44.2 Å². The monoisotopic (exact) mass is 321 g/mol. The number of benzene rings is 2. The van der Waals surface area contributed by atoms with Gasteiger partial charge in [-0.15, -0.1) is 0 Å². The molecule has 0 atom stereocenters. The third-order valence-electron chi connectivity index (χ3n) is 4.65. The molecule has 0 aliphatic rings. The lowest BCUT2D eigenvalue weighted by molar-refractivity contribution is 0.296. The number of aromatic amines is 1. The summed E-state index contributed by atoms with van der Waals surface area (Å²) in [7, 11) is 0. The summed E-state index contributed by atoms with van der Waals surface area (Å²) in [6.45, 7) is 8.59. The molecule has 3 aromatic rings. The number of nitrogens with zero attached hydrogens (tertiary/aromatic N) is 1. The minimum atomic E-state index is 0.942. The Morgan fingerprint density at radius 1 is 0.958 bits per heavy atom. The van der Waals surface area contributed by atoms with Gasteiger partial charge in [-0.25, -0.2) is 0 Å². The summed E-state index contributed by atoms with van der Waals surface area (Å²) in [5, 5.41) is 4.86. The molecule has 2 aromatic carbocycles. The molecule has 0 bridgehead atoms. The van der Waals surface area contributed by atoms with E-state index in [-0.39, 0.29) is 0 Å². The van der Waals surface area contributed by atoms with Crippen molar-refractivity contribution in [1.29, 1.82) is 0 Å². The number of aromatic nitrogens is 1. The van der Waals surface area contributed by atoms with Crippen molar-refractivity contribution in [1.82, 2.24) is 9.88 Å². The highest BCUT2D eigenvalue weighted by Gasteiger charge is 2.03. The summed E-state index contributed by atoms with van der Waals surface area (Å²) >= 11 is 0. The van der Waals surface area contributed by atoms with Crippen molar-refractivity contribution in [3.63, 3.8) is 0 Å². The fourth-order valence-corrected chi connectivity index (χ4v) is 3.11. The van der Waals surface area contributed by atoms with Gasteiger partial charge in [-0.2, -0.15) is 0 Å². The fraction of sp³-hybridized carbons (Fsp3) is 0.333. The number of hydrogen-bond acceptors (Lipinski definition) is 2. The zero-order valence-corrected chi connectivity index (χ0v) is 14.7. The summed E-state index contributed by atoms with van der Waals surface area (Å²) in [5.41, 5.74) is 5.16. The first-order valence-corrected chi connectivity index (χ1v) is 8.90. The highest BCUT2D eigenvalue weighted by molar-refractivity contribution is 5.83. The average Bonchev–Trinajstić information content (AvgIpc) is 3.04. The average molecular weight is 321 g/mol. The van der Waals surface area contributed by atoms with Gasteiger partial charge in [0.1, 0.15) is 0 Å². The van der Waals surface area contributed by atoms with E-state index >= 15 is 0 Å². The van der Waals surface area contributed by atoms with Crippen molar-refractivity contribution in [3.05, 3.63) is 65.9 Å². The number of hydrogen-bond donors (Lipinski definition) is 2. The molecule has 3 heteroatoms. The van der Waals surface area contributed by atoms with Crippen LogP contribution in [0, 0.1) is 0 Å². The summed E-state index contributed by atoms with van der Waals surface area (Å²) in [5.74, 6) is 0. The lowest BCUT2D eigenvalue weighted by Gasteiger charge is -2.18. The summed E-state index contributed by atoms with van der Waals surface area (Å²) in [6.07, 6.45) is 3.14. The number of H-pyrrole nitrogens is 1. The van der Waals surface area contributed by atoms with Crippen molar-refractivity contribution in [3.8, 4) is 0 Å². The molecule has 0 amide bonds. The molecule has 126 valence electrons. The van der Waals surface area contributed by atoms with Crippen LogP contribution in [0.15, 0.2) is 54.7 Å². The summed E-state index contributed by atoms with van der Waals surface area (Å²) in [6, 6.07) is 17.3. The molecule has 2 N–H and O–H groups in total. The molecule has 0 radical (unpaired) electrons. The Hall–Kier alpha value is -2.26. The van der Waals surface area contributed by atoms with Gasteiger partial charge in [-0.3, -0.25) is 4.90 Å². The Morgan fingerprint density at radius 3 is 2.46 bits per heavy atom. The first-order valence-electron chi connectivity index (χ1n) is 8.90. The van der Waals surface area contributed by atoms with Crippen LogP contribution in [-0.4, -0.2) is 29.5 Å². The predicted molar refractivity (Wildman–Crippen MR) is 104 cm³/mol. The lowest BCUT2D eigenvalue weighted by atomic mass is 10.1. The Kier molecular flexibility index (Phi) is 5.55. The van der Waals surface area contributed by atoms with Crippen LogP contribution >= 0.6 is 0 Å². The molecular formula is C21H27N3. The van der Waals surface area contributed by atoms with Crippen molar-refractivity contribution >= 4 is 16.6 Å². The Morgan fingerprint density at radius 2 is 1.71 bits per heavy atom. The molecule has 1 heterocycles. The number of anilines is 1. The van der Waals surface area contributed by atoms with Crippen LogP contribution in [0.5, 0.6) is 0 Å². The Bertz CT molecular complexity index is 754. The van der Waals surface area contributed by atoms with Crippen molar-refractivity contribution < 1.29 is 0 Å². The normalized spacial score (nSPS) is 11.3. The number of rotatable bonds is 8. The second kappa shape index (κ2) is 8.02. The van der Waals surface area contributed by atoms with Crippen molar-refractivity contribution in [2.75, 3.05) is 25.0 Å². The van der Waals surface area contributed by atoms with Crippen LogP contribution in [0.4, 0.5) is 5.69 Å². The van der Waals surface area contributed by atoms with E-state index in [0.29, 0.717) is 0 Å². The predicted octanol–water partition coefficient (Wildman–Crippen LogP) is 4.66. The van der Waals surface area contributed by atoms with Crippen LogP contribution in [0.1, 0.15) is 25.0 Å². The molecule has 0 unspecified atom stereocenters. The van der Waals surface area contributed by atoms with Gasteiger partial charge in [0.2, 0.25) is 0 Å². The zero-order valence-electron chi connectivity index (χ0n) is 14.7. The topological polar surface area (TPSA) is 31.1 Å². The minimum Gasteiger partial charge on any atom is -0.385 e.